The van der Waals surface area contributed by atoms with Gasteiger partial charge in [0.15, 0.2) is 0 Å². The number of rotatable bonds is 4. The lowest BCUT2D eigenvalue weighted by Crippen LogP contribution is -2.52. The topological polar surface area (TPSA) is 99.0 Å². The molecule has 0 atom stereocenters. The summed E-state index contributed by atoms with van der Waals surface area (Å²) in [6.45, 7) is 6.09. The van der Waals surface area contributed by atoms with Gasteiger partial charge in [-0.25, -0.2) is 4.79 Å². The van der Waals surface area contributed by atoms with E-state index >= 15 is 0 Å². The Morgan fingerprint density at radius 3 is 2.36 bits per heavy atom. The Hall–Kier alpha value is -2.68. The van der Waals surface area contributed by atoms with E-state index in [1.807, 2.05) is 4.90 Å². The summed E-state index contributed by atoms with van der Waals surface area (Å²) in [6, 6.07) is 4.38. The molecule has 3 amide bonds. The second kappa shape index (κ2) is 9.01. The number of aryl methyl sites for hydroxylation is 1. The first-order valence-electron chi connectivity index (χ1n) is 9.75. The number of piperazine rings is 1. The number of carbonyl (C=O) groups is 2. The number of piperidine rings is 1. The van der Waals surface area contributed by atoms with E-state index in [9.17, 15) is 19.7 Å². The minimum Gasteiger partial charge on any atom is -0.342 e. The predicted molar refractivity (Wildman–Crippen MR) is 105 cm³/mol. The zero-order valence-electron chi connectivity index (χ0n) is 16.2. The van der Waals surface area contributed by atoms with Gasteiger partial charge < -0.3 is 15.1 Å². The Balaban J connectivity index is 1.48. The molecule has 0 radical (unpaired) electrons. The van der Waals surface area contributed by atoms with Gasteiger partial charge in [0.1, 0.15) is 0 Å². The molecular weight excluding hydrogens is 362 g/mol. The van der Waals surface area contributed by atoms with Gasteiger partial charge in [0.05, 0.1) is 11.5 Å². The molecule has 152 valence electrons. The van der Waals surface area contributed by atoms with Crippen molar-refractivity contribution in [2.24, 2.45) is 0 Å². The molecule has 0 saturated carbocycles. The van der Waals surface area contributed by atoms with Crippen molar-refractivity contribution in [3.8, 4) is 0 Å². The van der Waals surface area contributed by atoms with Crippen LogP contribution in [0.3, 0.4) is 0 Å². The van der Waals surface area contributed by atoms with E-state index in [0.29, 0.717) is 44.0 Å². The average molecular weight is 389 g/mol. The van der Waals surface area contributed by atoms with Crippen LogP contribution in [-0.2, 0) is 4.79 Å². The highest BCUT2D eigenvalue weighted by atomic mass is 16.6. The van der Waals surface area contributed by atoms with Crippen molar-refractivity contribution < 1.29 is 14.5 Å². The van der Waals surface area contributed by atoms with Crippen molar-refractivity contribution in [1.29, 1.82) is 0 Å². The van der Waals surface area contributed by atoms with E-state index in [4.69, 9.17) is 0 Å². The molecule has 2 heterocycles. The van der Waals surface area contributed by atoms with Crippen LogP contribution >= 0.6 is 0 Å². The highest BCUT2D eigenvalue weighted by Crippen LogP contribution is 2.22. The van der Waals surface area contributed by atoms with Gasteiger partial charge >= 0.3 is 6.03 Å². The number of amides is 3. The molecule has 28 heavy (non-hydrogen) atoms. The molecule has 9 heteroatoms. The average Bonchev–Trinajstić information content (AvgIpc) is 2.70. The smallest absolute Gasteiger partial charge is 0.321 e. The summed E-state index contributed by atoms with van der Waals surface area (Å²) in [4.78, 5) is 41.1. The van der Waals surface area contributed by atoms with Crippen molar-refractivity contribution in [3.63, 3.8) is 0 Å². The predicted octanol–water partition coefficient (Wildman–Crippen LogP) is 2.07. The van der Waals surface area contributed by atoms with Crippen LogP contribution in [0.2, 0.25) is 0 Å². The number of nitrogens with zero attached hydrogens (tertiary/aromatic N) is 4. The minimum absolute atomic E-state index is 0.0150. The summed E-state index contributed by atoms with van der Waals surface area (Å²) in [5.41, 5.74) is 0.943. The Labute approximate surface area is 164 Å². The molecule has 0 aromatic heterocycles. The fourth-order valence-corrected chi connectivity index (χ4v) is 3.63. The second-order valence-electron chi connectivity index (χ2n) is 7.39. The molecule has 3 rings (SSSR count). The van der Waals surface area contributed by atoms with Crippen molar-refractivity contribution in [2.45, 2.75) is 26.2 Å². The number of urea groups is 1. The van der Waals surface area contributed by atoms with Gasteiger partial charge in [-0.3, -0.25) is 19.8 Å². The molecule has 2 saturated heterocycles. The number of nitrogens with one attached hydrogen (secondary N) is 1. The molecular formula is C19H27N5O4. The third kappa shape index (κ3) is 4.98. The number of benzene rings is 1. The minimum atomic E-state index is -0.455. The van der Waals surface area contributed by atoms with E-state index in [0.717, 1.165) is 25.9 Å². The van der Waals surface area contributed by atoms with E-state index in [1.54, 1.807) is 24.0 Å². The Morgan fingerprint density at radius 2 is 1.71 bits per heavy atom. The van der Waals surface area contributed by atoms with E-state index < -0.39 is 4.92 Å². The SMILES string of the molecule is Cc1ccc(NC(=O)N2CCN(CC(=O)N3CCCCC3)CC2)cc1[N+](=O)[O-]. The lowest BCUT2D eigenvalue weighted by atomic mass is 10.1. The van der Waals surface area contributed by atoms with Gasteiger partial charge in [0.2, 0.25) is 5.91 Å². The van der Waals surface area contributed by atoms with Gasteiger partial charge in [-0.1, -0.05) is 6.07 Å². The van der Waals surface area contributed by atoms with Crippen LogP contribution in [0.1, 0.15) is 24.8 Å². The highest BCUT2D eigenvalue weighted by Gasteiger charge is 2.25. The van der Waals surface area contributed by atoms with Crippen LogP contribution < -0.4 is 5.32 Å². The maximum Gasteiger partial charge on any atom is 0.321 e. The Kier molecular flexibility index (Phi) is 6.45. The summed E-state index contributed by atoms with van der Waals surface area (Å²) < 4.78 is 0. The number of nitro groups is 1. The fourth-order valence-electron chi connectivity index (χ4n) is 3.63. The first-order chi connectivity index (χ1) is 13.4. The molecule has 9 nitrogen and oxygen atoms in total. The number of likely N-dealkylation sites (tertiary alicyclic amines) is 1. The van der Waals surface area contributed by atoms with E-state index in [2.05, 4.69) is 10.2 Å². The van der Waals surface area contributed by atoms with Crippen LogP contribution in [0.4, 0.5) is 16.2 Å². The monoisotopic (exact) mass is 389 g/mol. The molecule has 2 aliphatic rings. The van der Waals surface area contributed by atoms with E-state index in [-0.39, 0.29) is 17.6 Å². The van der Waals surface area contributed by atoms with Gasteiger partial charge in [0, 0.05) is 56.6 Å². The summed E-state index contributed by atoms with van der Waals surface area (Å²) in [5, 5.41) is 13.8. The number of anilines is 1. The van der Waals surface area contributed by atoms with Gasteiger partial charge in [-0.05, 0) is 32.3 Å². The molecule has 0 aliphatic carbocycles. The molecule has 0 spiro atoms. The summed E-state index contributed by atoms with van der Waals surface area (Å²) in [6.07, 6.45) is 3.36. The number of carbonyl (C=O) groups excluding carboxylic acids is 2. The highest BCUT2D eigenvalue weighted by molar-refractivity contribution is 5.90. The summed E-state index contributed by atoms with van der Waals surface area (Å²) in [7, 11) is 0. The van der Waals surface area contributed by atoms with Crippen LogP contribution in [0.15, 0.2) is 18.2 Å². The van der Waals surface area contributed by atoms with Crippen LogP contribution in [0, 0.1) is 17.0 Å². The van der Waals surface area contributed by atoms with Crippen LogP contribution in [-0.4, -0.2) is 77.4 Å². The Bertz CT molecular complexity index is 740. The molecule has 0 bridgehead atoms. The van der Waals surface area contributed by atoms with Gasteiger partial charge in [-0.2, -0.15) is 0 Å². The number of hydrogen-bond donors (Lipinski definition) is 1. The molecule has 0 unspecified atom stereocenters. The Morgan fingerprint density at radius 1 is 1.04 bits per heavy atom. The maximum atomic E-state index is 12.5. The van der Waals surface area contributed by atoms with Gasteiger partial charge in [-0.15, -0.1) is 0 Å². The van der Waals surface area contributed by atoms with Crippen molar-refractivity contribution >= 4 is 23.3 Å². The largest absolute Gasteiger partial charge is 0.342 e. The van der Waals surface area contributed by atoms with Crippen molar-refractivity contribution in [1.82, 2.24) is 14.7 Å². The zero-order valence-corrected chi connectivity index (χ0v) is 16.2. The van der Waals surface area contributed by atoms with Crippen LogP contribution in [0.5, 0.6) is 0 Å². The lowest BCUT2D eigenvalue weighted by molar-refractivity contribution is -0.385. The third-order valence-electron chi connectivity index (χ3n) is 5.38. The first-order valence-corrected chi connectivity index (χ1v) is 9.75. The second-order valence-corrected chi connectivity index (χ2v) is 7.39. The first kappa shape index (κ1) is 20.1. The normalized spacial score (nSPS) is 18.0. The molecule has 2 aliphatic heterocycles. The number of nitro benzene ring substituents is 1. The fraction of sp³-hybridized carbons (Fsp3) is 0.579. The molecule has 2 fully saturated rings. The standard InChI is InChI=1S/C19H27N5O4/c1-15-5-6-16(13-17(15)24(27)28)20-19(26)23-11-9-21(10-12-23)14-18(25)22-7-3-2-4-8-22/h5-6,13H,2-4,7-12,14H2,1H3,(H,20,26). The molecule has 1 N–H and O–H groups in total. The van der Waals surface area contributed by atoms with Crippen molar-refractivity contribution in [3.05, 3.63) is 33.9 Å². The summed E-state index contributed by atoms with van der Waals surface area (Å²) >= 11 is 0. The van der Waals surface area contributed by atoms with Gasteiger partial charge in [0.25, 0.3) is 5.69 Å². The quantitative estimate of drug-likeness (QED) is 0.628. The summed E-state index contributed by atoms with van der Waals surface area (Å²) in [5.74, 6) is 0.171. The number of hydrogen-bond acceptors (Lipinski definition) is 5. The molecule has 1 aromatic rings. The third-order valence-corrected chi connectivity index (χ3v) is 5.38. The van der Waals surface area contributed by atoms with Crippen LogP contribution in [0.25, 0.3) is 0 Å². The lowest BCUT2D eigenvalue weighted by Gasteiger charge is -2.36. The maximum absolute atomic E-state index is 12.5. The molecule has 1 aromatic carbocycles. The zero-order chi connectivity index (χ0) is 20.1. The van der Waals surface area contributed by atoms with Crippen molar-refractivity contribution in [2.75, 3.05) is 51.1 Å². The van der Waals surface area contributed by atoms with E-state index in [1.165, 1.54) is 12.5 Å².